The summed E-state index contributed by atoms with van der Waals surface area (Å²) in [6.45, 7) is 2.76. The zero-order chi connectivity index (χ0) is 10.8. The SMILES string of the molecule is CC1C(=O)NCCN1C(=O)c1cn[nH]c1. The largest absolute Gasteiger partial charge is 0.353 e. The van der Waals surface area contributed by atoms with Crippen molar-refractivity contribution in [2.24, 2.45) is 0 Å². The number of rotatable bonds is 1. The molecule has 2 heterocycles. The van der Waals surface area contributed by atoms with Gasteiger partial charge in [-0.3, -0.25) is 14.7 Å². The van der Waals surface area contributed by atoms with Crippen molar-refractivity contribution in [3.63, 3.8) is 0 Å². The smallest absolute Gasteiger partial charge is 0.257 e. The van der Waals surface area contributed by atoms with Crippen molar-refractivity contribution < 1.29 is 9.59 Å². The summed E-state index contributed by atoms with van der Waals surface area (Å²) >= 11 is 0. The first kappa shape index (κ1) is 9.70. The van der Waals surface area contributed by atoms with Crippen LogP contribution in [-0.4, -0.2) is 46.0 Å². The van der Waals surface area contributed by atoms with Gasteiger partial charge >= 0.3 is 0 Å². The maximum Gasteiger partial charge on any atom is 0.257 e. The minimum absolute atomic E-state index is 0.113. The topological polar surface area (TPSA) is 78.1 Å². The lowest BCUT2D eigenvalue weighted by Crippen LogP contribution is -2.55. The highest BCUT2D eigenvalue weighted by Crippen LogP contribution is 2.09. The highest BCUT2D eigenvalue weighted by atomic mass is 16.2. The molecule has 6 heteroatoms. The molecule has 1 aliphatic heterocycles. The highest BCUT2D eigenvalue weighted by molar-refractivity contribution is 5.97. The van der Waals surface area contributed by atoms with E-state index in [0.29, 0.717) is 18.7 Å². The maximum atomic E-state index is 11.9. The number of nitrogens with zero attached hydrogens (tertiary/aromatic N) is 2. The van der Waals surface area contributed by atoms with E-state index in [-0.39, 0.29) is 11.8 Å². The van der Waals surface area contributed by atoms with Gasteiger partial charge in [0, 0.05) is 19.3 Å². The average Bonchev–Trinajstić information content (AvgIpc) is 2.74. The number of hydrogen-bond donors (Lipinski definition) is 2. The predicted molar refractivity (Wildman–Crippen MR) is 52.1 cm³/mol. The molecule has 2 rings (SSSR count). The molecule has 6 nitrogen and oxygen atoms in total. The van der Waals surface area contributed by atoms with Crippen molar-refractivity contribution in [2.45, 2.75) is 13.0 Å². The molecule has 1 fully saturated rings. The summed E-state index contributed by atoms with van der Waals surface area (Å²) in [5.74, 6) is -0.274. The van der Waals surface area contributed by atoms with Crippen LogP contribution in [0.15, 0.2) is 12.4 Å². The zero-order valence-electron chi connectivity index (χ0n) is 8.36. The molecule has 1 aromatic heterocycles. The van der Waals surface area contributed by atoms with Crippen LogP contribution in [0.4, 0.5) is 0 Å². The minimum Gasteiger partial charge on any atom is -0.353 e. The molecular formula is C9H12N4O2. The number of aromatic nitrogens is 2. The van der Waals surface area contributed by atoms with Crippen LogP contribution in [0.25, 0.3) is 0 Å². The van der Waals surface area contributed by atoms with Crippen LogP contribution in [0.1, 0.15) is 17.3 Å². The van der Waals surface area contributed by atoms with Gasteiger partial charge in [0.2, 0.25) is 5.91 Å². The Morgan fingerprint density at radius 1 is 1.67 bits per heavy atom. The standard InChI is InChI=1S/C9H12N4O2/c1-6-8(14)10-2-3-13(6)9(15)7-4-11-12-5-7/h4-6H,2-3H2,1H3,(H,10,14)(H,11,12). The summed E-state index contributed by atoms with van der Waals surface area (Å²) < 4.78 is 0. The van der Waals surface area contributed by atoms with Gasteiger partial charge in [0.05, 0.1) is 11.8 Å². The Balaban J connectivity index is 2.16. The third-order valence-corrected chi connectivity index (χ3v) is 2.50. The molecule has 15 heavy (non-hydrogen) atoms. The second-order valence-electron chi connectivity index (χ2n) is 3.45. The van der Waals surface area contributed by atoms with Crippen LogP contribution in [0.5, 0.6) is 0 Å². The van der Waals surface area contributed by atoms with Gasteiger partial charge in [0.1, 0.15) is 6.04 Å². The molecule has 1 aromatic rings. The summed E-state index contributed by atoms with van der Waals surface area (Å²) in [5, 5.41) is 8.99. The lowest BCUT2D eigenvalue weighted by Gasteiger charge is -2.32. The van der Waals surface area contributed by atoms with Crippen molar-refractivity contribution in [2.75, 3.05) is 13.1 Å². The van der Waals surface area contributed by atoms with Crippen molar-refractivity contribution >= 4 is 11.8 Å². The first-order valence-corrected chi connectivity index (χ1v) is 4.77. The minimum atomic E-state index is -0.416. The van der Waals surface area contributed by atoms with E-state index in [1.165, 1.54) is 12.4 Å². The Hall–Kier alpha value is -1.85. The number of H-pyrrole nitrogens is 1. The quantitative estimate of drug-likeness (QED) is 0.645. The van der Waals surface area contributed by atoms with Crippen LogP contribution in [-0.2, 0) is 4.79 Å². The summed E-state index contributed by atoms with van der Waals surface area (Å²) in [6.07, 6.45) is 2.99. The molecule has 0 aromatic carbocycles. The lowest BCUT2D eigenvalue weighted by atomic mass is 10.2. The van der Waals surface area contributed by atoms with Crippen molar-refractivity contribution in [1.29, 1.82) is 0 Å². The van der Waals surface area contributed by atoms with E-state index in [2.05, 4.69) is 15.5 Å². The molecular weight excluding hydrogens is 196 g/mol. The van der Waals surface area contributed by atoms with Gasteiger partial charge in [0.25, 0.3) is 5.91 Å². The normalized spacial score (nSPS) is 21.3. The molecule has 2 amide bonds. The Bertz CT molecular complexity index is 373. The third kappa shape index (κ3) is 1.70. The van der Waals surface area contributed by atoms with E-state index >= 15 is 0 Å². The number of hydrogen-bond acceptors (Lipinski definition) is 3. The molecule has 1 aliphatic rings. The van der Waals surface area contributed by atoms with Crippen molar-refractivity contribution in [1.82, 2.24) is 20.4 Å². The molecule has 0 radical (unpaired) electrons. The van der Waals surface area contributed by atoms with Gasteiger partial charge < -0.3 is 10.2 Å². The van der Waals surface area contributed by atoms with Crippen LogP contribution < -0.4 is 5.32 Å². The zero-order valence-corrected chi connectivity index (χ0v) is 8.36. The Kier molecular flexibility index (Phi) is 2.40. The molecule has 0 saturated carbocycles. The van der Waals surface area contributed by atoms with E-state index in [1.807, 2.05) is 0 Å². The van der Waals surface area contributed by atoms with Crippen molar-refractivity contribution in [3.05, 3.63) is 18.0 Å². The van der Waals surface area contributed by atoms with E-state index in [9.17, 15) is 9.59 Å². The van der Waals surface area contributed by atoms with E-state index in [0.717, 1.165) is 0 Å². The summed E-state index contributed by atoms with van der Waals surface area (Å²) in [7, 11) is 0. The molecule has 1 atom stereocenters. The van der Waals surface area contributed by atoms with E-state index < -0.39 is 6.04 Å². The molecule has 1 unspecified atom stereocenters. The van der Waals surface area contributed by atoms with Crippen molar-refractivity contribution in [3.8, 4) is 0 Å². The van der Waals surface area contributed by atoms with Gasteiger partial charge in [-0.1, -0.05) is 0 Å². The fourth-order valence-corrected chi connectivity index (χ4v) is 1.59. The second kappa shape index (κ2) is 3.72. The Morgan fingerprint density at radius 3 is 3.13 bits per heavy atom. The van der Waals surface area contributed by atoms with E-state index in [1.54, 1.807) is 11.8 Å². The van der Waals surface area contributed by atoms with Gasteiger partial charge in [-0.05, 0) is 6.92 Å². The number of carbonyl (C=O) groups excluding carboxylic acids is 2. The second-order valence-corrected chi connectivity index (χ2v) is 3.45. The first-order valence-electron chi connectivity index (χ1n) is 4.77. The first-order chi connectivity index (χ1) is 7.20. The van der Waals surface area contributed by atoms with Crippen LogP contribution in [0.3, 0.4) is 0 Å². The summed E-state index contributed by atoms with van der Waals surface area (Å²) in [6, 6.07) is -0.416. The molecule has 0 bridgehead atoms. The molecule has 80 valence electrons. The number of amides is 2. The molecule has 1 saturated heterocycles. The number of aromatic amines is 1. The number of carbonyl (C=O) groups is 2. The molecule has 0 spiro atoms. The predicted octanol–water partition coefficient (Wildman–Crippen LogP) is -0.630. The summed E-state index contributed by atoms with van der Waals surface area (Å²) in [4.78, 5) is 24.8. The molecule has 0 aliphatic carbocycles. The highest BCUT2D eigenvalue weighted by Gasteiger charge is 2.29. The number of piperazine rings is 1. The van der Waals surface area contributed by atoms with Gasteiger partial charge in [-0.25, -0.2) is 0 Å². The van der Waals surface area contributed by atoms with Gasteiger partial charge in [-0.2, -0.15) is 5.10 Å². The third-order valence-electron chi connectivity index (χ3n) is 2.50. The Morgan fingerprint density at radius 2 is 2.47 bits per heavy atom. The van der Waals surface area contributed by atoms with Crippen LogP contribution in [0, 0.1) is 0 Å². The fraction of sp³-hybridized carbons (Fsp3) is 0.444. The monoisotopic (exact) mass is 208 g/mol. The number of nitrogens with one attached hydrogen (secondary N) is 2. The average molecular weight is 208 g/mol. The Labute approximate surface area is 86.6 Å². The maximum absolute atomic E-state index is 11.9. The van der Waals surface area contributed by atoms with Crippen LogP contribution >= 0.6 is 0 Å². The van der Waals surface area contributed by atoms with Crippen LogP contribution in [0.2, 0.25) is 0 Å². The summed E-state index contributed by atoms with van der Waals surface area (Å²) in [5.41, 5.74) is 0.483. The van der Waals surface area contributed by atoms with E-state index in [4.69, 9.17) is 0 Å². The lowest BCUT2D eigenvalue weighted by molar-refractivity contribution is -0.127. The fourth-order valence-electron chi connectivity index (χ4n) is 1.59. The van der Waals surface area contributed by atoms with Gasteiger partial charge in [-0.15, -0.1) is 0 Å². The van der Waals surface area contributed by atoms with Gasteiger partial charge in [0.15, 0.2) is 0 Å². The molecule has 2 N–H and O–H groups in total.